The second-order valence-electron chi connectivity index (χ2n) is 6.23. The van der Waals surface area contributed by atoms with E-state index < -0.39 is 6.04 Å². The van der Waals surface area contributed by atoms with Gasteiger partial charge in [-0.15, -0.1) is 6.58 Å². The maximum atomic E-state index is 12.1. The number of allylic oxidation sites excluding steroid dienone is 1. The van der Waals surface area contributed by atoms with E-state index in [2.05, 4.69) is 36.8 Å². The van der Waals surface area contributed by atoms with Gasteiger partial charge in [-0.1, -0.05) is 45.1 Å². The van der Waals surface area contributed by atoms with E-state index in [1.165, 1.54) is 25.7 Å². The van der Waals surface area contributed by atoms with E-state index in [1.54, 1.807) is 0 Å². The molecule has 0 aliphatic rings. The molecule has 0 fully saturated rings. The normalized spacial score (nSPS) is 11.8. The minimum Gasteiger partial charge on any atom is -0.354 e. The molecule has 0 aromatic carbocycles. The van der Waals surface area contributed by atoms with Gasteiger partial charge in [0.1, 0.15) is 6.04 Å². The van der Waals surface area contributed by atoms with Gasteiger partial charge in [0.25, 0.3) is 0 Å². The van der Waals surface area contributed by atoms with Gasteiger partial charge in [0.2, 0.25) is 11.8 Å². The molecule has 4 nitrogen and oxygen atoms in total. The van der Waals surface area contributed by atoms with Gasteiger partial charge in [-0.2, -0.15) is 12.6 Å². The summed E-state index contributed by atoms with van der Waals surface area (Å²) in [6.07, 6.45) is 12.9. The molecular weight excluding hydrogens is 320 g/mol. The Morgan fingerprint density at radius 1 is 1.08 bits per heavy atom. The molecule has 0 spiro atoms. The summed E-state index contributed by atoms with van der Waals surface area (Å²) in [5.74, 6) is 0.462. The Balaban J connectivity index is 3.85. The van der Waals surface area contributed by atoms with Gasteiger partial charge in [-0.25, -0.2) is 0 Å². The zero-order valence-corrected chi connectivity index (χ0v) is 16.2. The third kappa shape index (κ3) is 13.5. The average molecular weight is 357 g/mol. The van der Waals surface area contributed by atoms with Crippen molar-refractivity contribution >= 4 is 24.4 Å². The van der Waals surface area contributed by atoms with E-state index in [1.807, 2.05) is 6.08 Å². The van der Waals surface area contributed by atoms with Crippen molar-refractivity contribution in [2.24, 2.45) is 0 Å². The molecule has 2 amide bonds. The number of thiol groups is 1. The molecule has 0 aliphatic heterocycles. The monoisotopic (exact) mass is 356 g/mol. The fourth-order valence-corrected chi connectivity index (χ4v) is 2.72. The summed E-state index contributed by atoms with van der Waals surface area (Å²) in [6, 6.07) is -0.453. The molecule has 140 valence electrons. The Morgan fingerprint density at radius 3 is 2.38 bits per heavy atom. The molecule has 0 aromatic heterocycles. The highest BCUT2D eigenvalue weighted by Crippen LogP contribution is 2.09. The van der Waals surface area contributed by atoms with Crippen LogP contribution in [0.4, 0.5) is 0 Å². The van der Waals surface area contributed by atoms with E-state index in [4.69, 9.17) is 0 Å². The molecule has 0 saturated heterocycles. The van der Waals surface area contributed by atoms with Gasteiger partial charge < -0.3 is 10.6 Å². The first-order valence-corrected chi connectivity index (χ1v) is 10.1. The first-order chi connectivity index (χ1) is 11.7. The summed E-state index contributed by atoms with van der Waals surface area (Å²) in [5, 5.41) is 5.73. The first-order valence-electron chi connectivity index (χ1n) is 9.44. The molecule has 0 rings (SSSR count). The molecule has 1 atom stereocenters. The SMILES string of the molecule is C=CCCCCCCCCC(=O)NC(CCS)C(=O)NCCCC. The predicted molar refractivity (Wildman–Crippen MR) is 105 cm³/mol. The third-order valence-electron chi connectivity index (χ3n) is 3.96. The zero-order valence-electron chi connectivity index (χ0n) is 15.3. The Morgan fingerprint density at radius 2 is 1.75 bits per heavy atom. The average Bonchev–Trinajstić information content (AvgIpc) is 2.57. The fraction of sp³-hybridized carbons (Fsp3) is 0.789. The Hall–Kier alpha value is -0.970. The molecule has 0 heterocycles. The minimum absolute atomic E-state index is 0.0286. The highest BCUT2D eigenvalue weighted by atomic mass is 32.1. The number of rotatable bonds is 16. The second-order valence-corrected chi connectivity index (χ2v) is 6.67. The highest BCUT2D eigenvalue weighted by Gasteiger charge is 2.19. The van der Waals surface area contributed by atoms with Crippen LogP contribution < -0.4 is 10.6 Å². The molecule has 1 unspecified atom stereocenters. The van der Waals surface area contributed by atoms with Crippen LogP contribution in [0.5, 0.6) is 0 Å². The lowest BCUT2D eigenvalue weighted by Gasteiger charge is -2.17. The van der Waals surface area contributed by atoms with Gasteiger partial charge in [0, 0.05) is 13.0 Å². The van der Waals surface area contributed by atoms with Crippen molar-refractivity contribution in [2.75, 3.05) is 12.3 Å². The van der Waals surface area contributed by atoms with Crippen molar-refractivity contribution < 1.29 is 9.59 Å². The molecule has 2 N–H and O–H groups in total. The largest absolute Gasteiger partial charge is 0.354 e. The molecule has 0 aliphatic carbocycles. The van der Waals surface area contributed by atoms with Crippen LogP contribution in [0.15, 0.2) is 12.7 Å². The lowest BCUT2D eigenvalue weighted by atomic mass is 10.1. The minimum atomic E-state index is -0.453. The van der Waals surface area contributed by atoms with Crippen LogP contribution in [0.1, 0.15) is 77.6 Å². The predicted octanol–water partition coefficient (Wildman–Crippen LogP) is 4.01. The number of hydrogen-bond acceptors (Lipinski definition) is 3. The van der Waals surface area contributed by atoms with E-state index in [-0.39, 0.29) is 11.8 Å². The van der Waals surface area contributed by atoms with Crippen LogP contribution in [0.25, 0.3) is 0 Å². The van der Waals surface area contributed by atoms with Crippen LogP contribution in [0, 0.1) is 0 Å². The Labute approximate surface area is 153 Å². The van der Waals surface area contributed by atoms with Gasteiger partial charge in [-0.3, -0.25) is 9.59 Å². The summed E-state index contributed by atoms with van der Waals surface area (Å²) >= 11 is 4.18. The highest BCUT2D eigenvalue weighted by molar-refractivity contribution is 7.80. The second kappa shape index (κ2) is 16.9. The van der Waals surface area contributed by atoms with Crippen LogP contribution in [-0.4, -0.2) is 30.2 Å². The first kappa shape index (κ1) is 23.0. The van der Waals surface area contributed by atoms with Crippen molar-refractivity contribution in [1.82, 2.24) is 10.6 Å². The lowest BCUT2D eigenvalue weighted by Crippen LogP contribution is -2.47. The molecular formula is C19H36N2O2S. The molecule has 0 saturated carbocycles. The molecule has 0 aromatic rings. The maximum absolute atomic E-state index is 12.1. The molecule has 0 bridgehead atoms. The quantitative estimate of drug-likeness (QED) is 0.222. The van der Waals surface area contributed by atoms with E-state index in [0.717, 1.165) is 32.1 Å². The number of amides is 2. The Bertz CT molecular complexity index is 348. The van der Waals surface area contributed by atoms with Crippen molar-refractivity contribution in [3.63, 3.8) is 0 Å². The zero-order chi connectivity index (χ0) is 18.0. The summed E-state index contributed by atoms with van der Waals surface area (Å²) in [7, 11) is 0. The van der Waals surface area contributed by atoms with Crippen molar-refractivity contribution in [3.05, 3.63) is 12.7 Å². The summed E-state index contributed by atoms with van der Waals surface area (Å²) in [4.78, 5) is 24.1. The van der Waals surface area contributed by atoms with E-state index >= 15 is 0 Å². The Kier molecular flexibility index (Phi) is 16.2. The van der Waals surface area contributed by atoms with Crippen LogP contribution in [0.2, 0.25) is 0 Å². The number of unbranched alkanes of at least 4 members (excludes halogenated alkanes) is 7. The van der Waals surface area contributed by atoms with E-state index in [9.17, 15) is 9.59 Å². The smallest absolute Gasteiger partial charge is 0.242 e. The number of carbonyl (C=O) groups is 2. The number of nitrogens with one attached hydrogen (secondary N) is 2. The molecule has 24 heavy (non-hydrogen) atoms. The molecule has 5 heteroatoms. The number of hydrogen-bond donors (Lipinski definition) is 3. The van der Waals surface area contributed by atoms with Crippen LogP contribution >= 0.6 is 12.6 Å². The van der Waals surface area contributed by atoms with E-state index in [0.29, 0.717) is 25.1 Å². The van der Waals surface area contributed by atoms with Gasteiger partial charge >= 0.3 is 0 Å². The van der Waals surface area contributed by atoms with Crippen molar-refractivity contribution in [3.8, 4) is 0 Å². The lowest BCUT2D eigenvalue weighted by molar-refractivity contribution is -0.129. The topological polar surface area (TPSA) is 58.2 Å². The third-order valence-corrected chi connectivity index (χ3v) is 4.22. The van der Waals surface area contributed by atoms with Gasteiger partial charge in [-0.05, 0) is 37.9 Å². The van der Waals surface area contributed by atoms with Crippen LogP contribution in [-0.2, 0) is 9.59 Å². The summed E-state index contributed by atoms with van der Waals surface area (Å²) in [6.45, 7) is 6.47. The fourth-order valence-electron chi connectivity index (χ4n) is 2.46. The van der Waals surface area contributed by atoms with Gasteiger partial charge in [0.15, 0.2) is 0 Å². The number of carbonyl (C=O) groups excluding carboxylic acids is 2. The summed E-state index contributed by atoms with van der Waals surface area (Å²) < 4.78 is 0. The molecule has 0 radical (unpaired) electrons. The summed E-state index contributed by atoms with van der Waals surface area (Å²) in [5.41, 5.74) is 0. The van der Waals surface area contributed by atoms with Crippen LogP contribution in [0.3, 0.4) is 0 Å². The maximum Gasteiger partial charge on any atom is 0.242 e. The standard InChI is InChI=1S/C19H36N2O2S/c1-3-5-7-8-9-10-11-12-13-18(22)21-17(14-16-24)19(23)20-15-6-4-2/h3,17,24H,1,4-16H2,2H3,(H,20,23)(H,21,22). The van der Waals surface area contributed by atoms with Crippen molar-refractivity contribution in [2.45, 2.75) is 83.6 Å². The van der Waals surface area contributed by atoms with Crippen molar-refractivity contribution in [1.29, 1.82) is 0 Å². The van der Waals surface area contributed by atoms with Gasteiger partial charge in [0.05, 0.1) is 0 Å².